The number of aliphatic hydroxyl groups is 1. The van der Waals surface area contributed by atoms with Crippen molar-refractivity contribution in [3.8, 4) is 5.75 Å². The SMILES string of the molecule is CSCCC(NC(=O)C(CC(C)C)NC(=O)C(NC(=O)C(Cc1ccc(O)cc1)NC(=O)CN)C(C)O)C(=O)O. The Hall–Kier alpha value is -3.36. The molecule has 0 aromatic heterocycles. The van der Waals surface area contributed by atoms with Gasteiger partial charge in [0.15, 0.2) is 0 Å². The van der Waals surface area contributed by atoms with Crippen molar-refractivity contribution >= 4 is 41.4 Å². The Labute approximate surface area is 238 Å². The van der Waals surface area contributed by atoms with Crippen molar-refractivity contribution in [2.45, 2.75) is 70.3 Å². The van der Waals surface area contributed by atoms with Gasteiger partial charge in [-0.2, -0.15) is 11.8 Å². The Morgan fingerprint density at radius 1 is 0.875 bits per heavy atom. The van der Waals surface area contributed by atoms with Crippen LogP contribution in [0.3, 0.4) is 0 Å². The largest absolute Gasteiger partial charge is 0.508 e. The van der Waals surface area contributed by atoms with Gasteiger partial charge in [0.1, 0.15) is 29.9 Å². The number of carbonyl (C=O) groups excluding carboxylic acids is 4. The highest BCUT2D eigenvalue weighted by Gasteiger charge is 2.33. The summed E-state index contributed by atoms with van der Waals surface area (Å²) in [6, 6.07) is 0.991. The molecule has 5 atom stereocenters. The van der Waals surface area contributed by atoms with Crippen molar-refractivity contribution in [2.24, 2.45) is 11.7 Å². The van der Waals surface area contributed by atoms with Crippen LogP contribution < -0.4 is 27.0 Å². The Kier molecular flexibility index (Phi) is 15.0. The lowest BCUT2D eigenvalue weighted by atomic mass is 10.0. The van der Waals surface area contributed by atoms with Crippen LogP contribution in [-0.4, -0.2) is 93.7 Å². The van der Waals surface area contributed by atoms with E-state index in [4.69, 9.17) is 5.73 Å². The van der Waals surface area contributed by atoms with Crippen molar-refractivity contribution in [3.63, 3.8) is 0 Å². The number of phenols is 1. The highest BCUT2D eigenvalue weighted by Crippen LogP contribution is 2.12. The van der Waals surface area contributed by atoms with Crippen LogP contribution in [0, 0.1) is 5.92 Å². The predicted octanol–water partition coefficient (Wildman–Crippen LogP) is -0.903. The van der Waals surface area contributed by atoms with Crippen molar-refractivity contribution in [1.82, 2.24) is 21.3 Å². The first-order valence-corrected chi connectivity index (χ1v) is 14.3. The Morgan fingerprint density at radius 3 is 1.95 bits per heavy atom. The molecule has 0 bridgehead atoms. The van der Waals surface area contributed by atoms with Gasteiger partial charge in [-0.25, -0.2) is 4.79 Å². The lowest BCUT2D eigenvalue weighted by Crippen LogP contribution is -2.61. The van der Waals surface area contributed by atoms with Crippen LogP contribution >= 0.6 is 11.8 Å². The molecule has 9 N–H and O–H groups in total. The molecule has 1 aromatic rings. The molecule has 0 spiro atoms. The van der Waals surface area contributed by atoms with Crippen LogP contribution in [-0.2, 0) is 30.4 Å². The number of nitrogens with one attached hydrogen (secondary N) is 4. The number of carboxylic acid groups (broad SMARTS) is 1. The molecule has 5 unspecified atom stereocenters. The van der Waals surface area contributed by atoms with Gasteiger partial charge in [-0.15, -0.1) is 0 Å². The molecule has 0 saturated carbocycles. The number of carboxylic acids is 1. The quantitative estimate of drug-likeness (QED) is 0.113. The minimum atomic E-state index is -1.50. The van der Waals surface area contributed by atoms with E-state index in [1.54, 1.807) is 12.1 Å². The summed E-state index contributed by atoms with van der Waals surface area (Å²) in [6.07, 6.45) is 0.775. The van der Waals surface area contributed by atoms with Gasteiger partial charge >= 0.3 is 5.97 Å². The summed E-state index contributed by atoms with van der Waals surface area (Å²) < 4.78 is 0. The summed E-state index contributed by atoms with van der Waals surface area (Å²) >= 11 is 1.43. The van der Waals surface area contributed by atoms with E-state index in [1.165, 1.54) is 30.8 Å². The van der Waals surface area contributed by atoms with Gasteiger partial charge in [-0.05, 0) is 55.4 Å². The van der Waals surface area contributed by atoms with Gasteiger partial charge in [-0.3, -0.25) is 19.2 Å². The number of amides is 4. The van der Waals surface area contributed by atoms with Gasteiger partial charge in [0.2, 0.25) is 23.6 Å². The Morgan fingerprint density at radius 2 is 1.45 bits per heavy atom. The van der Waals surface area contributed by atoms with E-state index < -0.39 is 59.9 Å². The molecular weight excluding hydrogens is 542 g/mol. The fraction of sp³-hybridized carbons (Fsp3) is 0.577. The zero-order chi connectivity index (χ0) is 30.4. The molecule has 1 aromatic carbocycles. The van der Waals surface area contributed by atoms with Crippen molar-refractivity contribution < 1.29 is 39.3 Å². The van der Waals surface area contributed by atoms with Crippen LogP contribution in [0.5, 0.6) is 5.75 Å². The number of hydrogen-bond acceptors (Lipinski definition) is 9. The molecule has 40 heavy (non-hydrogen) atoms. The van der Waals surface area contributed by atoms with Crippen LogP contribution in [0.15, 0.2) is 24.3 Å². The first-order chi connectivity index (χ1) is 18.8. The summed E-state index contributed by atoms with van der Waals surface area (Å²) in [5, 5.41) is 39.2. The zero-order valence-corrected chi connectivity index (χ0v) is 24.0. The number of hydrogen-bond donors (Lipinski definition) is 8. The smallest absolute Gasteiger partial charge is 0.326 e. The predicted molar refractivity (Wildman–Crippen MR) is 150 cm³/mol. The summed E-state index contributed by atoms with van der Waals surface area (Å²) in [6.45, 7) is 4.52. The van der Waals surface area contributed by atoms with Crippen molar-refractivity contribution in [1.29, 1.82) is 0 Å². The number of aliphatic hydroxyl groups excluding tert-OH is 1. The average molecular weight is 584 g/mol. The summed E-state index contributed by atoms with van der Waals surface area (Å²) in [5.74, 6) is -3.73. The molecule has 14 heteroatoms. The third-order valence-electron chi connectivity index (χ3n) is 5.84. The Bertz CT molecular complexity index is 1010. The van der Waals surface area contributed by atoms with E-state index in [-0.39, 0.29) is 37.5 Å². The third kappa shape index (κ3) is 12.2. The van der Waals surface area contributed by atoms with Gasteiger partial charge in [0, 0.05) is 6.42 Å². The second-order valence-corrected chi connectivity index (χ2v) is 10.8. The number of carbonyl (C=O) groups is 5. The van der Waals surface area contributed by atoms with Crippen LogP contribution in [0.2, 0.25) is 0 Å². The topological polar surface area (TPSA) is 220 Å². The fourth-order valence-electron chi connectivity index (χ4n) is 3.72. The molecule has 0 aliphatic rings. The van der Waals surface area contributed by atoms with Crippen LogP contribution in [0.25, 0.3) is 0 Å². The lowest BCUT2D eigenvalue weighted by Gasteiger charge is -2.28. The zero-order valence-electron chi connectivity index (χ0n) is 23.2. The molecule has 4 amide bonds. The molecule has 0 fully saturated rings. The first kappa shape index (κ1) is 34.7. The molecule has 224 valence electrons. The second kappa shape index (κ2) is 17.4. The standard InChI is InChI=1S/C26H41N5O8S/c1-14(2)11-19(23(35)29-18(26(38)39)9-10-40-4)30-25(37)22(15(3)32)31-24(36)20(28-21(34)13-27)12-16-5-7-17(33)8-6-16/h5-8,14-15,18-20,22,32-33H,9-13,27H2,1-4H3,(H,28,34)(H,29,35)(H,30,37)(H,31,36)(H,38,39). The van der Waals surface area contributed by atoms with Crippen LogP contribution in [0.4, 0.5) is 0 Å². The van der Waals surface area contributed by atoms with E-state index >= 15 is 0 Å². The Balaban J connectivity index is 3.09. The normalized spacial score (nSPS) is 14.8. The number of thioether (sulfide) groups is 1. The van der Waals surface area contributed by atoms with Crippen molar-refractivity contribution in [3.05, 3.63) is 29.8 Å². The average Bonchev–Trinajstić information content (AvgIpc) is 2.88. The summed E-state index contributed by atoms with van der Waals surface area (Å²) in [5.41, 5.74) is 5.97. The maximum absolute atomic E-state index is 13.2. The maximum atomic E-state index is 13.2. The van der Waals surface area contributed by atoms with Gasteiger partial charge in [0.05, 0.1) is 12.6 Å². The van der Waals surface area contributed by atoms with Gasteiger partial charge in [0.25, 0.3) is 0 Å². The van der Waals surface area contributed by atoms with Crippen LogP contribution in [0.1, 0.15) is 39.2 Å². The highest BCUT2D eigenvalue weighted by atomic mass is 32.2. The molecule has 1 rings (SSSR count). The second-order valence-electron chi connectivity index (χ2n) is 9.79. The lowest BCUT2D eigenvalue weighted by molar-refractivity contribution is -0.142. The van der Waals surface area contributed by atoms with E-state index in [9.17, 15) is 39.3 Å². The van der Waals surface area contributed by atoms with Gasteiger partial charge < -0.3 is 42.3 Å². The third-order valence-corrected chi connectivity index (χ3v) is 6.49. The van der Waals surface area contributed by atoms with E-state index in [2.05, 4.69) is 21.3 Å². The molecule has 0 saturated heterocycles. The number of aromatic hydroxyl groups is 1. The van der Waals surface area contributed by atoms with E-state index in [0.29, 0.717) is 11.3 Å². The van der Waals surface area contributed by atoms with E-state index in [0.717, 1.165) is 0 Å². The molecule has 0 heterocycles. The summed E-state index contributed by atoms with van der Waals surface area (Å²) in [4.78, 5) is 62.9. The number of benzene rings is 1. The minimum Gasteiger partial charge on any atom is -0.508 e. The number of aliphatic carboxylic acids is 1. The van der Waals surface area contributed by atoms with E-state index in [1.807, 2.05) is 20.1 Å². The number of nitrogens with two attached hydrogens (primary N) is 1. The molecule has 0 radical (unpaired) electrons. The number of phenolic OH excluding ortho intramolecular Hbond substituents is 1. The monoisotopic (exact) mass is 583 g/mol. The van der Waals surface area contributed by atoms with Gasteiger partial charge in [-0.1, -0.05) is 26.0 Å². The number of rotatable bonds is 17. The minimum absolute atomic E-state index is 0.00297. The molecular formula is C26H41N5O8S. The maximum Gasteiger partial charge on any atom is 0.326 e. The molecule has 13 nitrogen and oxygen atoms in total. The summed E-state index contributed by atoms with van der Waals surface area (Å²) in [7, 11) is 0. The first-order valence-electron chi connectivity index (χ1n) is 12.9. The highest BCUT2D eigenvalue weighted by molar-refractivity contribution is 7.98. The van der Waals surface area contributed by atoms with Crippen molar-refractivity contribution in [2.75, 3.05) is 18.6 Å². The molecule has 0 aliphatic carbocycles. The fourth-order valence-corrected chi connectivity index (χ4v) is 4.19. The molecule has 0 aliphatic heterocycles.